The summed E-state index contributed by atoms with van der Waals surface area (Å²) in [5.74, 6) is 0. The van der Waals surface area contributed by atoms with Crippen molar-refractivity contribution in [2.45, 2.75) is 19.5 Å². The molecule has 0 aromatic carbocycles. The Morgan fingerprint density at radius 2 is 2.41 bits per heavy atom. The van der Waals surface area contributed by atoms with Gasteiger partial charge >= 0.3 is 0 Å². The van der Waals surface area contributed by atoms with Crippen LogP contribution in [0.25, 0.3) is 6.20 Å². The molecule has 4 nitrogen and oxygen atoms in total. The molecule has 2 rings (SSSR count). The normalized spacial score (nSPS) is 12.3. The molecule has 0 saturated carbocycles. The Morgan fingerprint density at radius 3 is 3.06 bits per heavy atom. The average molecular weight is 228 g/mol. The van der Waals surface area contributed by atoms with Gasteiger partial charge in [0.2, 0.25) is 0 Å². The van der Waals surface area contributed by atoms with Crippen molar-refractivity contribution in [3.8, 4) is 0 Å². The van der Waals surface area contributed by atoms with Crippen molar-refractivity contribution in [3.05, 3.63) is 54.6 Å². The molecule has 0 radical (unpaired) electrons. The predicted molar refractivity (Wildman–Crippen MR) is 68.1 cm³/mol. The predicted octanol–water partition coefficient (Wildman–Crippen LogP) is 2.23. The smallest absolute Gasteiger partial charge is 0.0538 e. The lowest BCUT2D eigenvalue weighted by Crippen LogP contribution is -2.17. The zero-order valence-corrected chi connectivity index (χ0v) is 9.87. The Bertz CT molecular complexity index is 475. The first-order valence-electron chi connectivity index (χ1n) is 5.58. The van der Waals surface area contributed by atoms with Gasteiger partial charge in [0.15, 0.2) is 0 Å². The van der Waals surface area contributed by atoms with E-state index in [1.807, 2.05) is 24.7 Å². The number of pyridine rings is 1. The first-order chi connectivity index (χ1) is 8.29. The average Bonchev–Trinajstić information content (AvgIpc) is 2.85. The second-order valence-corrected chi connectivity index (χ2v) is 3.90. The van der Waals surface area contributed by atoms with Crippen LogP contribution >= 0.6 is 0 Å². The van der Waals surface area contributed by atoms with E-state index in [1.165, 1.54) is 5.56 Å². The fraction of sp³-hybridized carbons (Fsp3) is 0.231. The summed E-state index contributed by atoms with van der Waals surface area (Å²) in [6, 6.07) is 4.29. The summed E-state index contributed by atoms with van der Waals surface area (Å²) >= 11 is 0. The molecule has 1 unspecified atom stereocenters. The minimum atomic E-state index is 0.274. The molecule has 0 amide bonds. The molecule has 1 N–H and O–H groups in total. The Balaban J connectivity index is 1.92. The molecule has 0 bridgehead atoms. The van der Waals surface area contributed by atoms with Crippen LogP contribution in [0.3, 0.4) is 0 Å². The zero-order valence-electron chi connectivity index (χ0n) is 9.87. The zero-order chi connectivity index (χ0) is 12.1. The van der Waals surface area contributed by atoms with Crippen molar-refractivity contribution >= 4 is 6.20 Å². The van der Waals surface area contributed by atoms with E-state index in [9.17, 15) is 0 Å². The maximum absolute atomic E-state index is 4.13. The Labute approximate surface area is 101 Å². The highest BCUT2D eigenvalue weighted by molar-refractivity contribution is 5.18. The SMILES string of the molecule is C=Cn1cc(CNC(C)c2cccnc2)cn1. The summed E-state index contributed by atoms with van der Waals surface area (Å²) < 4.78 is 1.70. The van der Waals surface area contributed by atoms with E-state index < -0.39 is 0 Å². The first-order valence-corrected chi connectivity index (χ1v) is 5.58. The topological polar surface area (TPSA) is 42.7 Å². The van der Waals surface area contributed by atoms with Crippen molar-refractivity contribution in [2.24, 2.45) is 0 Å². The largest absolute Gasteiger partial charge is 0.306 e. The van der Waals surface area contributed by atoms with E-state index in [0.29, 0.717) is 0 Å². The quantitative estimate of drug-likeness (QED) is 0.853. The van der Waals surface area contributed by atoms with Crippen molar-refractivity contribution in [2.75, 3.05) is 0 Å². The molecular weight excluding hydrogens is 212 g/mol. The summed E-state index contributed by atoms with van der Waals surface area (Å²) in [4.78, 5) is 4.11. The second-order valence-electron chi connectivity index (χ2n) is 3.90. The fourth-order valence-corrected chi connectivity index (χ4v) is 1.59. The fourth-order valence-electron chi connectivity index (χ4n) is 1.59. The van der Waals surface area contributed by atoms with Crippen LogP contribution in [0, 0.1) is 0 Å². The molecule has 2 aromatic heterocycles. The molecule has 0 saturated heterocycles. The molecule has 2 aromatic rings. The maximum atomic E-state index is 4.13. The van der Waals surface area contributed by atoms with Crippen molar-refractivity contribution in [3.63, 3.8) is 0 Å². The third-order valence-electron chi connectivity index (χ3n) is 2.64. The molecule has 17 heavy (non-hydrogen) atoms. The van der Waals surface area contributed by atoms with Gasteiger partial charge in [-0.15, -0.1) is 0 Å². The molecule has 0 aliphatic carbocycles. The Hall–Kier alpha value is -1.94. The highest BCUT2D eigenvalue weighted by atomic mass is 15.2. The van der Waals surface area contributed by atoms with Crippen LogP contribution in [0.15, 0.2) is 43.5 Å². The van der Waals surface area contributed by atoms with Gasteiger partial charge in [-0.2, -0.15) is 5.10 Å². The minimum absolute atomic E-state index is 0.274. The van der Waals surface area contributed by atoms with E-state index >= 15 is 0 Å². The van der Waals surface area contributed by atoms with Crippen molar-refractivity contribution < 1.29 is 0 Å². The maximum Gasteiger partial charge on any atom is 0.0538 e. The number of nitrogens with one attached hydrogen (secondary N) is 1. The summed E-state index contributed by atoms with van der Waals surface area (Å²) in [7, 11) is 0. The minimum Gasteiger partial charge on any atom is -0.306 e. The lowest BCUT2D eigenvalue weighted by molar-refractivity contribution is 0.573. The number of aromatic nitrogens is 3. The number of rotatable bonds is 5. The van der Waals surface area contributed by atoms with Gasteiger partial charge in [0.1, 0.15) is 0 Å². The highest BCUT2D eigenvalue weighted by Crippen LogP contribution is 2.10. The van der Waals surface area contributed by atoms with Crippen LogP contribution in [-0.2, 0) is 6.54 Å². The molecule has 0 spiro atoms. The highest BCUT2D eigenvalue weighted by Gasteiger charge is 2.05. The van der Waals surface area contributed by atoms with Crippen molar-refractivity contribution in [1.29, 1.82) is 0 Å². The number of nitrogens with zero attached hydrogens (tertiary/aromatic N) is 3. The Kier molecular flexibility index (Phi) is 3.67. The molecule has 0 aliphatic heterocycles. The first kappa shape index (κ1) is 11.5. The molecule has 0 aliphatic rings. The molecule has 4 heteroatoms. The molecule has 2 heterocycles. The number of hydrogen-bond donors (Lipinski definition) is 1. The molecule has 1 atom stereocenters. The lowest BCUT2D eigenvalue weighted by Gasteiger charge is -2.12. The van der Waals surface area contributed by atoms with Gasteiger partial charge in [0, 0.05) is 42.9 Å². The van der Waals surface area contributed by atoms with E-state index in [4.69, 9.17) is 0 Å². The third kappa shape index (κ3) is 3.01. The van der Waals surface area contributed by atoms with E-state index in [0.717, 1.165) is 12.1 Å². The number of hydrogen-bond acceptors (Lipinski definition) is 3. The monoisotopic (exact) mass is 228 g/mol. The third-order valence-corrected chi connectivity index (χ3v) is 2.64. The van der Waals surface area contributed by atoms with E-state index in [1.54, 1.807) is 17.1 Å². The standard InChI is InChI=1S/C13H16N4/c1-3-17-10-12(8-16-17)7-15-11(2)13-5-4-6-14-9-13/h3-6,8-11,15H,1,7H2,2H3. The van der Waals surface area contributed by atoms with Gasteiger partial charge in [-0.05, 0) is 18.6 Å². The lowest BCUT2D eigenvalue weighted by atomic mass is 10.1. The van der Waals surface area contributed by atoms with Crippen LogP contribution in [0.5, 0.6) is 0 Å². The molecular formula is C13H16N4. The van der Waals surface area contributed by atoms with Gasteiger partial charge < -0.3 is 5.32 Å². The summed E-state index contributed by atoms with van der Waals surface area (Å²) in [5.41, 5.74) is 2.32. The summed E-state index contributed by atoms with van der Waals surface area (Å²) in [6.07, 6.45) is 9.13. The van der Waals surface area contributed by atoms with E-state index in [2.05, 4.69) is 35.0 Å². The van der Waals surface area contributed by atoms with Crippen molar-refractivity contribution in [1.82, 2.24) is 20.1 Å². The molecule has 0 fully saturated rings. The van der Waals surface area contributed by atoms with Gasteiger partial charge in [0.25, 0.3) is 0 Å². The van der Waals surface area contributed by atoms with Gasteiger partial charge in [-0.3, -0.25) is 4.98 Å². The van der Waals surface area contributed by atoms with Crippen LogP contribution in [0.1, 0.15) is 24.1 Å². The Morgan fingerprint density at radius 1 is 1.53 bits per heavy atom. The van der Waals surface area contributed by atoms with Crippen LogP contribution in [0.4, 0.5) is 0 Å². The van der Waals surface area contributed by atoms with Gasteiger partial charge in [0.05, 0.1) is 6.20 Å². The second kappa shape index (κ2) is 5.41. The van der Waals surface area contributed by atoms with Gasteiger partial charge in [-0.1, -0.05) is 12.6 Å². The van der Waals surface area contributed by atoms with E-state index in [-0.39, 0.29) is 6.04 Å². The van der Waals surface area contributed by atoms with Crippen LogP contribution < -0.4 is 5.32 Å². The summed E-state index contributed by atoms with van der Waals surface area (Å²) in [5, 5.41) is 7.56. The van der Waals surface area contributed by atoms with Crippen LogP contribution in [-0.4, -0.2) is 14.8 Å². The van der Waals surface area contributed by atoms with Gasteiger partial charge in [-0.25, -0.2) is 4.68 Å². The molecule has 88 valence electrons. The summed E-state index contributed by atoms with van der Waals surface area (Å²) in [6.45, 7) is 6.56. The van der Waals surface area contributed by atoms with Crippen LogP contribution in [0.2, 0.25) is 0 Å².